The molecule has 0 spiro atoms. The summed E-state index contributed by atoms with van der Waals surface area (Å²) in [6, 6.07) is 3.05. The molecular weight excluding hydrogens is 352 g/mol. The van der Waals surface area contributed by atoms with Gasteiger partial charge in [0.25, 0.3) is 0 Å². The summed E-state index contributed by atoms with van der Waals surface area (Å²) in [7, 11) is 0. The predicted molar refractivity (Wildman–Crippen MR) is 107 cm³/mol. The topological polar surface area (TPSA) is 71.3 Å². The van der Waals surface area contributed by atoms with Gasteiger partial charge in [-0.15, -0.1) is 0 Å². The van der Waals surface area contributed by atoms with Gasteiger partial charge in [-0.2, -0.15) is 0 Å². The van der Waals surface area contributed by atoms with E-state index in [2.05, 4.69) is 10.6 Å². The smallest absolute Gasteiger partial charge is 0.243 e. The lowest BCUT2D eigenvalue weighted by Crippen LogP contribution is -2.58. The first-order valence-corrected chi connectivity index (χ1v) is 10.9. The third kappa shape index (κ3) is 3.60. The van der Waals surface area contributed by atoms with E-state index >= 15 is 0 Å². The molecule has 5 rings (SSSR count). The zero-order valence-corrected chi connectivity index (χ0v) is 17.6. The Kier molecular flexibility index (Phi) is 5.05. The molecule has 2 N–H and O–H groups in total. The minimum absolute atomic E-state index is 0.0309. The van der Waals surface area contributed by atoms with E-state index in [4.69, 9.17) is 4.42 Å². The Morgan fingerprint density at radius 3 is 2.04 bits per heavy atom. The minimum atomic E-state index is -0.515. The van der Waals surface area contributed by atoms with E-state index in [1.807, 2.05) is 39.8 Å². The molecule has 0 aromatic carbocycles. The fourth-order valence-electron chi connectivity index (χ4n) is 6.28. The van der Waals surface area contributed by atoms with Crippen molar-refractivity contribution in [2.45, 2.75) is 78.3 Å². The number of aryl methyl sites for hydroxylation is 1. The highest BCUT2D eigenvalue weighted by Crippen LogP contribution is 2.60. The van der Waals surface area contributed by atoms with Crippen LogP contribution in [0.5, 0.6) is 0 Å². The van der Waals surface area contributed by atoms with Gasteiger partial charge in [0.2, 0.25) is 11.8 Å². The maximum Gasteiger partial charge on any atom is 0.243 e. The molecule has 2 amide bonds. The Bertz CT molecular complexity index is 715. The van der Waals surface area contributed by atoms with Crippen molar-refractivity contribution in [3.63, 3.8) is 0 Å². The van der Waals surface area contributed by atoms with Crippen molar-refractivity contribution in [2.75, 3.05) is 0 Å². The summed E-state index contributed by atoms with van der Waals surface area (Å²) < 4.78 is 5.63. The quantitative estimate of drug-likeness (QED) is 0.772. The van der Waals surface area contributed by atoms with Gasteiger partial charge in [-0.1, -0.05) is 13.8 Å². The van der Waals surface area contributed by atoms with E-state index in [1.54, 1.807) is 0 Å². The molecule has 1 heterocycles. The number of furan rings is 1. The average Bonchev–Trinajstić information content (AvgIpc) is 3.04. The molecule has 154 valence electrons. The van der Waals surface area contributed by atoms with E-state index < -0.39 is 6.04 Å². The molecule has 4 aliphatic carbocycles. The predicted octanol–water partition coefficient (Wildman–Crippen LogP) is 4.12. The summed E-state index contributed by atoms with van der Waals surface area (Å²) in [6.45, 7) is 7.78. The van der Waals surface area contributed by atoms with E-state index in [9.17, 15) is 9.59 Å². The van der Waals surface area contributed by atoms with Crippen LogP contribution in [0.2, 0.25) is 0 Å². The summed E-state index contributed by atoms with van der Waals surface area (Å²) >= 11 is 0. The van der Waals surface area contributed by atoms with Crippen LogP contribution >= 0.6 is 0 Å². The maximum atomic E-state index is 13.4. The standard InChI is InChI=1S/C23H34N2O3/c1-13(2)20(21(26)24-15(4)19-6-5-14(3)28-19)25-22(27)23-10-16-7-17(11-23)9-18(8-16)12-23/h5-6,13,15-18,20H,7-12H2,1-4H3,(H,24,26)(H,25,27). The van der Waals surface area contributed by atoms with E-state index in [0.717, 1.165) is 30.8 Å². The second-order valence-electron chi connectivity index (χ2n) is 10.1. The lowest BCUT2D eigenvalue weighted by molar-refractivity contribution is -0.149. The van der Waals surface area contributed by atoms with Crippen molar-refractivity contribution in [1.82, 2.24) is 10.6 Å². The molecule has 4 bridgehead atoms. The first-order chi connectivity index (χ1) is 13.3. The number of hydrogen-bond acceptors (Lipinski definition) is 3. The minimum Gasteiger partial charge on any atom is -0.464 e. The van der Waals surface area contributed by atoms with E-state index in [0.29, 0.717) is 17.8 Å². The van der Waals surface area contributed by atoms with Crippen molar-refractivity contribution in [2.24, 2.45) is 29.1 Å². The fraction of sp³-hybridized carbons (Fsp3) is 0.739. The summed E-state index contributed by atoms with van der Waals surface area (Å²) in [6.07, 6.45) is 6.96. The van der Waals surface area contributed by atoms with Crippen LogP contribution in [0.1, 0.15) is 76.9 Å². The molecule has 1 aromatic heterocycles. The lowest BCUT2D eigenvalue weighted by Gasteiger charge is -2.55. The number of carbonyl (C=O) groups is 2. The van der Waals surface area contributed by atoms with Gasteiger partial charge >= 0.3 is 0 Å². The molecule has 28 heavy (non-hydrogen) atoms. The average molecular weight is 387 g/mol. The van der Waals surface area contributed by atoms with Crippen molar-refractivity contribution in [3.8, 4) is 0 Å². The SMILES string of the molecule is Cc1ccc(C(C)NC(=O)C(NC(=O)C23CC4CC(CC(C4)C2)C3)C(C)C)o1. The van der Waals surface area contributed by atoms with Crippen LogP contribution in [0.25, 0.3) is 0 Å². The van der Waals surface area contributed by atoms with Gasteiger partial charge in [0.15, 0.2) is 0 Å². The van der Waals surface area contributed by atoms with Crippen molar-refractivity contribution in [3.05, 3.63) is 23.7 Å². The van der Waals surface area contributed by atoms with Crippen molar-refractivity contribution >= 4 is 11.8 Å². The third-order valence-electron chi connectivity index (χ3n) is 7.30. The second kappa shape index (κ2) is 7.23. The number of nitrogens with one attached hydrogen (secondary N) is 2. The van der Waals surface area contributed by atoms with E-state index in [-0.39, 0.29) is 29.2 Å². The second-order valence-corrected chi connectivity index (χ2v) is 10.1. The Morgan fingerprint density at radius 2 is 1.57 bits per heavy atom. The Balaban J connectivity index is 1.43. The molecule has 0 saturated heterocycles. The number of carbonyl (C=O) groups excluding carboxylic acids is 2. The van der Waals surface area contributed by atoms with Crippen LogP contribution in [0.4, 0.5) is 0 Å². The fourth-order valence-corrected chi connectivity index (χ4v) is 6.28. The molecule has 1 aromatic rings. The van der Waals surface area contributed by atoms with E-state index in [1.165, 1.54) is 19.3 Å². The summed E-state index contributed by atoms with van der Waals surface area (Å²) in [5.41, 5.74) is -0.230. The maximum absolute atomic E-state index is 13.4. The van der Waals surface area contributed by atoms with Crippen LogP contribution in [-0.4, -0.2) is 17.9 Å². The van der Waals surface area contributed by atoms with Crippen molar-refractivity contribution in [1.29, 1.82) is 0 Å². The Hall–Kier alpha value is -1.78. The van der Waals surface area contributed by atoms with Crippen LogP contribution in [0, 0.1) is 36.0 Å². The molecule has 5 nitrogen and oxygen atoms in total. The highest BCUT2D eigenvalue weighted by molar-refractivity contribution is 5.90. The first-order valence-electron chi connectivity index (χ1n) is 10.9. The molecule has 4 saturated carbocycles. The zero-order chi connectivity index (χ0) is 20.1. The summed E-state index contributed by atoms with van der Waals surface area (Å²) in [5.74, 6) is 3.72. The normalized spacial score (nSPS) is 33.0. The van der Waals surface area contributed by atoms with Gasteiger partial charge < -0.3 is 15.1 Å². The summed E-state index contributed by atoms with van der Waals surface area (Å²) in [4.78, 5) is 26.3. The molecule has 0 aliphatic heterocycles. The monoisotopic (exact) mass is 386 g/mol. The zero-order valence-electron chi connectivity index (χ0n) is 17.6. The Morgan fingerprint density at radius 1 is 1.00 bits per heavy atom. The largest absolute Gasteiger partial charge is 0.464 e. The first kappa shape index (κ1) is 19.5. The van der Waals surface area contributed by atoms with Crippen LogP contribution in [0.15, 0.2) is 16.5 Å². The molecule has 4 aliphatic rings. The van der Waals surface area contributed by atoms with Gasteiger partial charge in [-0.05, 0) is 88.2 Å². The molecule has 2 unspecified atom stereocenters. The highest BCUT2D eigenvalue weighted by Gasteiger charge is 2.55. The number of amides is 2. The van der Waals surface area contributed by atoms with Crippen LogP contribution in [0.3, 0.4) is 0 Å². The molecule has 2 atom stereocenters. The molecule has 0 radical (unpaired) electrons. The van der Waals surface area contributed by atoms with Crippen LogP contribution < -0.4 is 10.6 Å². The van der Waals surface area contributed by atoms with Crippen LogP contribution in [-0.2, 0) is 9.59 Å². The third-order valence-corrected chi connectivity index (χ3v) is 7.30. The summed E-state index contributed by atoms with van der Waals surface area (Å²) in [5, 5.41) is 6.18. The van der Waals surface area contributed by atoms with Crippen molar-refractivity contribution < 1.29 is 14.0 Å². The van der Waals surface area contributed by atoms with Gasteiger partial charge in [-0.3, -0.25) is 9.59 Å². The van der Waals surface area contributed by atoms with Gasteiger partial charge in [-0.25, -0.2) is 0 Å². The number of rotatable bonds is 6. The van der Waals surface area contributed by atoms with Gasteiger partial charge in [0.1, 0.15) is 17.6 Å². The Labute approximate surface area is 168 Å². The number of hydrogen-bond donors (Lipinski definition) is 2. The van der Waals surface area contributed by atoms with Gasteiger partial charge in [0.05, 0.1) is 6.04 Å². The molecule has 5 heteroatoms. The molecular formula is C23H34N2O3. The highest BCUT2D eigenvalue weighted by atomic mass is 16.3. The molecule has 4 fully saturated rings. The van der Waals surface area contributed by atoms with Gasteiger partial charge in [0, 0.05) is 5.41 Å². The lowest BCUT2D eigenvalue weighted by atomic mass is 9.49.